The Morgan fingerprint density at radius 3 is 2.46 bits per heavy atom. The molecule has 4 nitrogen and oxygen atoms in total. The van der Waals surface area contributed by atoms with Gasteiger partial charge in [-0.05, 0) is 35.1 Å². The summed E-state index contributed by atoms with van der Waals surface area (Å²) in [7, 11) is 1.76. The van der Waals surface area contributed by atoms with Crippen molar-refractivity contribution in [3.63, 3.8) is 0 Å². The molecule has 0 aromatic heterocycles. The Balaban J connectivity index is 1.86. The van der Waals surface area contributed by atoms with Gasteiger partial charge in [-0.1, -0.05) is 48.5 Å². The van der Waals surface area contributed by atoms with Crippen LogP contribution in [0.3, 0.4) is 0 Å². The lowest BCUT2D eigenvalue weighted by Gasteiger charge is -2.41. The Hall–Kier alpha value is -2.33. The van der Waals surface area contributed by atoms with E-state index in [1.807, 2.05) is 11.0 Å². The van der Waals surface area contributed by atoms with E-state index in [1.165, 1.54) is 22.3 Å². The highest BCUT2D eigenvalue weighted by atomic mass is 16.5. The number of ether oxygens (including phenoxy) is 1. The topological polar surface area (TPSA) is 55.6 Å². The molecule has 0 bridgehead atoms. The average molecular weight is 322 g/mol. The summed E-state index contributed by atoms with van der Waals surface area (Å²) in [6.07, 6.45) is 1.78. The number of benzene rings is 2. The molecule has 0 spiro atoms. The van der Waals surface area contributed by atoms with Crippen molar-refractivity contribution in [2.24, 2.45) is 5.73 Å². The lowest BCUT2D eigenvalue weighted by molar-refractivity contribution is 0.0544. The van der Waals surface area contributed by atoms with Gasteiger partial charge < -0.3 is 15.4 Å². The van der Waals surface area contributed by atoms with Gasteiger partial charge in [-0.25, -0.2) is 4.79 Å². The molecule has 24 heavy (non-hydrogen) atoms. The monoisotopic (exact) mass is 322 g/mol. The zero-order valence-electron chi connectivity index (χ0n) is 13.8. The number of methoxy groups -OCH3 is 1. The van der Waals surface area contributed by atoms with Gasteiger partial charge >= 0.3 is 6.03 Å². The Morgan fingerprint density at radius 1 is 1.08 bits per heavy atom. The molecule has 2 N–H and O–H groups in total. The second-order valence-corrected chi connectivity index (χ2v) is 6.63. The third-order valence-corrected chi connectivity index (χ3v) is 5.49. The number of primary amides is 1. The van der Waals surface area contributed by atoms with Crippen molar-refractivity contribution < 1.29 is 9.53 Å². The van der Waals surface area contributed by atoms with Crippen molar-refractivity contribution >= 4 is 6.03 Å². The third-order valence-electron chi connectivity index (χ3n) is 5.49. The lowest BCUT2D eigenvalue weighted by atomic mass is 9.81. The summed E-state index contributed by atoms with van der Waals surface area (Å²) in [6.45, 7) is 0.659. The van der Waals surface area contributed by atoms with E-state index in [0.717, 1.165) is 12.8 Å². The number of carbonyl (C=O) groups is 1. The Morgan fingerprint density at radius 2 is 1.75 bits per heavy atom. The van der Waals surface area contributed by atoms with E-state index in [0.29, 0.717) is 6.54 Å². The van der Waals surface area contributed by atoms with Crippen molar-refractivity contribution in [2.75, 3.05) is 13.7 Å². The first-order valence-corrected chi connectivity index (χ1v) is 8.45. The molecule has 1 aliphatic heterocycles. The number of nitrogens with two attached hydrogens (primary N) is 1. The van der Waals surface area contributed by atoms with Crippen LogP contribution in [0.15, 0.2) is 48.5 Å². The number of hydrogen-bond acceptors (Lipinski definition) is 2. The van der Waals surface area contributed by atoms with Gasteiger partial charge in [0.05, 0.1) is 12.1 Å². The summed E-state index contributed by atoms with van der Waals surface area (Å²) in [5, 5.41) is 0. The Bertz CT molecular complexity index is 774. The Labute approximate surface area is 142 Å². The van der Waals surface area contributed by atoms with Crippen molar-refractivity contribution in [1.82, 2.24) is 4.90 Å². The maximum atomic E-state index is 12.1. The standard InChI is InChI=1S/C20H22N2O2/c1-24-17-12-14-7-3-4-8-15(14)18(17)19-16-9-5-2-6-13(16)10-11-22(19)20(21)23/h2-9,17-19H,10-12H2,1H3,(H2,21,23)/t17-,18-,19?/m1/s1. The van der Waals surface area contributed by atoms with Crippen LogP contribution < -0.4 is 5.73 Å². The van der Waals surface area contributed by atoms with Gasteiger partial charge in [0.1, 0.15) is 0 Å². The minimum absolute atomic E-state index is 0.0559. The average Bonchev–Trinajstić information content (AvgIpc) is 2.98. The summed E-state index contributed by atoms with van der Waals surface area (Å²) in [4.78, 5) is 14.0. The van der Waals surface area contributed by atoms with E-state index in [1.54, 1.807) is 7.11 Å². The van der Waals surface area contributed by atoms with Gasteiger partial charge in [0.25, 0.3) is 0 Å². The number of nitrogens with zero attached hydrogens (tertiary/aromatic N) is 1. The first-order chi connectivity index (χ1) is 11.7. The fraction of sp³-hybridized carbons (Fsp3) is 0.350. The number of amides is 2. The summed E-state index contributed by atoms with van der Waals surface area (Å²) in [6, 6.07) is 16.4. The van der Waals surface area contributed by atoms with Crippen LogP contribution in [0.2, 0.25) is 0 Å². The highest BCUT2D eigenvalue weighted by Gasteiger charge is 2.44. The highest BCUT2D eigenvalue weighted by molar-refractivity contribution is 5.73. The van der Waals surface area contributed by atoms with Crippen molar-refractivity contribution in [2.45, 2.75) is 30.9 Å². The van der Waals surface area contributed by atoms with E-state index in [9.17, 15) is 4.79 Å². The van der Waals surface area contributed by atoms with E-state index in [2.05, 4.69) is 42.5 Å². The molecule has 1 aliphatic carbocycles. The smallest absolute Gasteiger partial charge is 0.315 e. The van der Waals surface area contributed by atoms with Crippen molar-refractivity contribution in [3.8, 4) is 0 Å². The van der Waals surface area contributed by atoms with Gasteiger partial charge in [0.15, 0.2) is 0 Å². The molecule has 0 saturated carbocycles. The predicted molar refractivity (Wildman–Crippen MR) is 92.9 cm³/mol. The number of urea groups is 1. The van der Waals surface area contributed by atoms with Gasteiger partial charge in [0, 0.05) is 19.6 Å². The van der Waals surface area contributed by atoms with E-state index >= 15 is 0 Å². The molecule has 4 rings (SSSR count). The number of carbonyl (C=O) groups excluding carboxylic acids is 1. The number of fused-ring (bicyclic) bond motifs is 2. The molecule has 2 aromatic carbocycles. The van der Waals surface area contributed by atoms with Gasteiger partial charge in [0.2, 0.25) is 0 Å². The molecule has 1 unspecified atom stereocenters. The van der Waals surface area contributed by atoms with Crippen molar-refractivity contribution in [1.29, 1.82) is 0 Å². The van der Waals surface area contributed by atoms with E-state index < -0.39 is 0 Å². The van der Waals surface area contributed by atoms with E-state index in [-0.39, 0.29) is 24.1 Å². The SMILES string of the molecule is CO[C@@H]1Cc2ccccc2[C@H]1C1c2ccccc2CCN1C(N)=O. The fourth-order valence-electron chi connectivity index (χ4n) is 4.43. The van der Waals surface area contributed by atoms with Crippen LogP contribution in [0.1, 0.15) is 34.2 Å². The fourth-order valence-corrected chi connectivity index (χ4v) is 4.43. The van der Waals surface area contributed by atoms with Crippen LogP contribution in [0.4, 0.5) is 4.79 Å². The van der Waals surface area contributed by atoms with Crippen LogP contribution in [-0.4, -0.2) is 30.7 Å². The van der Waals surface area contributed by atoms with Crippen LogP contribution in [0.5, 0.6) is 0 Å². The van der Waals surface area contributed by atoms with Crippen molar-refractivity contribution in [3.05, 3.63) is 70.8 Å². The normalized spacial score (nSPS) is 25.2. The maximum Gasteiger partial charge on any atom is 0.315 e. The molecule has 0 saturated heterocycles. The zero-order valence-corrected chi connectivity index (χ0v) is 13.8. The van der Waals surface area contributed by atoms with Gasteiger partial charge in [-0.15, -0.1) is 0 Å². The molecule has 124 valence electrons. The molecule has 2 aromatic rings. The van der Waals surface area contributed by atoms with Crippen LogP contribution in [0.25, 0.3) is 0 Å². The second-order valence-electron chi connectivity index (χ2n) is 6.63. The summed E-state index contributed by atoms with van der Waals surface area (Å²) in [5.74, 6) is 0.111. The lowest BCUT2D eigenvalue weighted by Crippen LogP contribution is -2.46. The highest BCUT2D eigenvalue weighted by Crippen LogP contribution is 2.47. The molecule has 3 atom stereocenters. The summed E-state index contributed by atoms with van der Waals surface area (Å²) < 4.78 is 5.82. The third kappa shape index (κ3) is 2.29. The van der Waals surface area contributed by atoms with Crippen LogP contribution >= 0.6 is 0 Å². The van der Waals surface area contributed by atoms with Crippen LogP contribution in [-0.2, 0) is 17.6 Å². The molecule has 1 heterocycles. The van der Waals surface area contributed by atoms with Crippen LogP contribution in [0, 0.1) is 0 Å². The molecule has 2 amide bonds. The molecular weight excluding hydrogens is 300 g/mol. The summed E-state index contributed by atoms with van der Waals surface area (Å²) in [5.41, 5.74) is 10.8. The minimum Gasteiger partial charge on any atom is -0.380 e. The molecular formula is C20H22N2O2. The molecule has 4 heteroatoms. The maximum absolute atomic E-state index is 12.1. The number of hydrogen-bond donors (Lipinski definition) is 1. The molecule has 0 radical (unpaired) electrons. The number of rotatable bonds is 2. The van der Waals surface area contributed by atoms with Gasteiger partial charge in [-0.3, -0.25) is 0 Å². The zero-order chi connectivity index (χ0) is 16.7. The second kappa shape index (κ2) is 5.95. The Kier molecular flexibility index (Phi) is 3.77. The molecule has 0 fully saturated rings. The van der Waals surface area contributed by atoms with E-state index in [4.69, 9.17) is 10.5 Å². The molecule has 2 aliphatic rings. The summed E-state index contributed by atoms with van der Waals surface area (Å²) >= 11 is 0. The minimum atomic E-state index is -0.353. The van der Waals surface area contributed by atoms with Gasteiger partial charge in [-0.2, -0.15) is 0 Å². The largest absolute Gasteiger partial charge is 0.380 e. The quantitative estimate of drug-likeness (QED) is 0.924. The predicted octanol–water partition coefficient (Wildman–Crippen LogP) is 3.02. The first-order valence-electron chi connectivity index (χ1n) is 8.45. The first kappa shape index (κ1) is 15.2.